The number of nitrogens with one attached hydrogen (secondary N) is 1. The molecule has 0 amide bonds. The minimum absolute atomic E-state index is 0.481. The number of pyridine rings is 1. The lowest BCUT2D eigenvalue weighted by Crippen LogP contribution is -2.22. The number of rotatable bonds is 10. The maximum Gasteiger partial charge on any atom is 0.213 e. The van der Waals surface area contributed by atoms with E-state index in [1.807, 2.05) is 12.1 Å². The van der Waals surface area contributed by atoms with Gasteiger partial charge in [0.2, 0.25) is 5.88 Å². The van der Waals surface area contributed by atoms with Crippen molar-refractivity contribution in [3.63, 3.8) is 0 Å². The van der Waals surface area contributed by atoms with E-state index in [-0.39, 0.29) is 0 Å². The lowest BCUT2D eigenvalue weighted by molar-refractivity contribution is 0.299. The van der Waals surface area contributed by atoms with E-state index in [1.54, 1.807) is 0 Å². The molecule has 0 fully saturated rings. The van der Waals surface area contributed by atoms with Gasteiger partial charge in [-0.1, -0.05) is 33.3 Å². The average Bonchev–Trinajstić information content (AvgIpc) is 2.42. The summed E-state index contributed by atoms with van der Waals surface area (Å²) in [7, 11) is 0. The molecule has 0 unspecified atom stereocenters. The lowest BCUT2D eigenvalue weighted by Gasteiger charge is -2.12. The zero-order valence-corrected chi connectivity index (χ0v) is 13.1. The standard InChI is InChI=1S/C17H28N2O/c1-5-7-8-10-20-17-12-15(13-18-14(3)4)11-16(19-17)9-6-2/h5,11-12,14,18H,1,6-10,13H2,2-4H3. The molecular formula is C17H28N2O. The minimum Gasteiger partial charge on any atom is -0.478 e. The fraction of sp³-hybridized carbons (Fsp3) is 0.588. The second-order valence-corrected chi connectivity index (χ2v) is 5.37. The summed E-state index contributed by atoms with van der Waals surface area (Å²) >= 11 is 0. The monoisotopic (exact) mass is 276 g/mol. The van der Waals surface area contributed by atoms with Gasteiger partial charge in [-0.2, -0.15) is 0 Å². The van der Waals surface area contributed by atoms with Crippen LogP contribution in [0.15, 0.2) is 24.8 Å². The topological polar surface area (TPSA) is 34.1 Å². The Labute approximate surface area is 123 Å². The van der Waals surface area contributed by atoms with E-state index in [4.69, 9.17) is 4.74 Å². The Kier molecular flexibility index (Phi) is 7.97. The van der Waals surface area contributed by atoms with Crippen molar-refractivity contribution < 1.29 is 4.74 Å². The van der Waals surface area contributed by atoms with E-state index in [1.165, 1.54) is 5.56 Å². The van der Waals surface area contributed by atoms with E-state index in [0.717, 1.165) is 43.8 Å². The molecule has 1 aromatic rings. The Bertz CT molecular complexity index is 402. The van der Waals surface area contributed by atoms with Crippen molar-refractivity contribution in [3.8, 4) is 5.88 Å². The molecule has 20 heavy (non-hydrogen) atoms. The van der Waals surface area contributed by atoms with Gasteiger partial charge in [-0.15, -0.1) is 6.58 Å². The number of aryl methyl sites for hydroxylation is 1. The first-order valence-electron chi connectivity index (χ1n) is 7.62. The summed E-state index contributed by atoms with van der Waals surface area (Å²) in [5.41, 5.74) is 2.37. The van der Waals surface area contributed by atoms with Crippen molar-refractivity contribution in [1.29, 1.82) is 0 Å². The molecule has 0 aromatic carbocycles. The van der Waals surface area contributed by atoms with E-state index in [9.17, 15) is 0 Å². The predicted octanol–water partition coefficient (Wildman–Crippen LogP) is 3.88. The largest absolute Gasteiger partial charge is 0.478 e. The summed E-state index contributed by atoms with van der Waals surface area (Å²) in [6.45, 7) is 11.8. The van der Waals surface area contributed by atoms with E-state index >= 15 is 0 Å². The highest BCUT2D eigenvalue weighted by Gasteiger charge is 2.04. The summed E-state index contributed by atoms with van der Waals surface area (Å²) in [6.07, 6.45) is 5.99. The summed E-state index contributed by atoms with van der Waals surface area (Å²) in [5, 5.41) is 3.44. The van der Waals surface area contributed by atoms with Crippen molar-refractivity contribution in [3.05, 3.63) is 36.0 Å². The molecule has 112 valence electrons. The van der Waals surface area contributed by atoms with Gasteiger partial charge in [-0.05, 0) is 30.9 Å². The van der Waals surface area contributed by atoms with Crippen LogP contribution in [0.2, 0.25) is 0 Å². The Morgan fingerprint density at radius 3 is 2.85 bits per heavy atom. The van der Waals surface area contributed by atoms with Crippen LogP contribution in [-0.4, -0.2) is 17.6 Å². The first-order valence-corrected chi connectivity index (χ1v) is 7.62. The third kappa shape index (κ3) is 6.71. The van der Waals surface area contributed by atoms with E-state index < -0.39 is 0 Å². The molecule has 0 bridgehead atoms. The summed E-state index contributed by atoms with van der Waals surface area (Å²) < 4.78 is 5.76. The van der Waals surface area contributed by atoms with Gasteiger partial charge < -0.3 is 10.1 Å². The predicted molar refractivity (Wildman–Crippen MR) is 85.1 cm³/mol. The molecule has 0 aliphatic heterocycles. The van der Waals surface area contributed by atoms with Gasteiger partial charge in [0.05, 0.1) is 6.61 Å². The van der Waals surface area contributed by atoms with Gasteiger partial charge in [-0.25, -0.2) is 4.98 Å². The van der Waals surface area contributed by atoms with Crippen LogP contribution in [0.4, 0.5) is 0 Å². The lowest BCUT2D eigenvalue weighted by atomic mass is 10.1. The highest BCUT2D eigenvalue weighted by molar-refractivity contribution is 5.25. The van der Waals surface area contributed by atoms with Crippen LogP contribution in [0.1, 0.15) is 51.3 Å². The zero-order valence-electron chi connectivity index (χ0n) is 13.1. The van der Waals surface area contributed by atoms with Crippen LogP contribution in [0.5, 0.6) is 5.88 Å². The Balaban J connectivity index is 2.67. The molecule has 0 aliphatic carbocycles. The molecule has 0 aliphatic rings. The third-order valence-electron chi connectivity index (χ3n) is 2.94. The molecule has 0 radical (unpaired) electrons. The third-order valence-corrected chi connectivity index (χ3v) is 2.94. The van der Waals surface area contributed by atoms with Gasteiger partial charge in [0, 0.05) is 24.3 Å². The second kappa shape index (κ2) is 9.54. The van der Waals surface area contributed by atoms with Gasteiger partial charge in [-0.3, -0.25) is 0 Å². The van der Waals surface area contributed by atoms with Crippen molar-refractivity contribution >= 4 is 0 Å². The maximum atomic E-state index is 5.76. The molecule has 0 atom stereocenters. The minimum atomic E-state index is 0.481. The number of nitrogens with zero attached hydrogens (tertiary/aromatic N) is 1. The second-order valence-electron chi connectivity index (χ2n) is 5.37. The normalized spacial score (nSPS) is 10.8. The van der Waals surface area contributed by atoms with Crippen molar-refractivity contribution in [1.82, 2.24) is 10.3 Å². The SMILES string of the molecule is C=CCCCOc1cc(CNC(C)C)cc(CCC)n1. The van der Waals surface area contributed by atoms with Gasteiger partial charge in [0.25, 0.3) is 0 Å². The molecular weight excluding hydrogens is 248 g/mol. The van der Waals surface area contributed by atoms with Crippen molar-refractivity contribution in [2.75, 3.05) is 6.61 Å². The molecule has 3 heteroatoms. The number of unbranched alkanes of at least 4 members (excludes halogenated alkanes) is 1. The molecule has 1 N–H and O–H groups in total. The van der Waals surface area contributed by atoms with Crippen molar-refractivity contribution in [2.24, 2.45) is 0 Å². The fourth-order valence-electron chi connectivity index (χ4n) is 1.91. The van der Waals surface area contributed by atoms with Crippen LogP contribution < -0.4 is 10.1 Å². The highest BCUT2D eigenvalue weighted by Crippen LogP contribution is 2.15. The first kappa shape index (κ1) is 16.7. The Morgan fingerprint density at radius 2 is 2.20 bits per heavy atom. The first-order chi connectivity index (χ1) is 9.65. The fourth-order valence-corrected chi connectivity index (χ4v) is 1.91. The van der Waals surface area contributed by atoms with Gasteiger partial charge in [0.15, 0.2) is 0 Å². The zero-order chi connectivity index (χ0) is 14.8. The number of aromatic nitrogens is 1. The maximum absolute atomic E-state index is 5.76. The Hall–Kier alpha value is -1.35. The van der Waals surface area contributed by atoms with E-state index in [2.05, 4.69) is 43.7 Å². The molecule has 1 heterocycles. The van der Waals surface area contributed by atoms with Crippen LogP contribution >= 0.6 is 0 Å². The number of hydrogen-bond donors (Lipinski definition) is 1. The van der Waals surface area contributed by atoms with E-state index in [0.29, 0.717) is 12.6 Å². The number of ether oxygens (including phenoxy) is 1. The highest BCUT2D eigenvalue weighted by atomic mass is 16.5. The number of allylic oxidation sites excluding steroid dienone is 1. The van der Waals surface area contributed by atoms with Crippen LogP contribution in [-0.2, 0) is 13.0 Å². The summed E-state index contributed by atoms with van der Waals surface area (Å²) in [5.74, 6) is 0.751. The number of hydrogen-bond acceptors (Lipinski definition) is 3. The molecule has 0 spiro atoms. The van der Waals surface area contributed by atoms with Crippen molar-refractivity contribution in [2.45, 2.75) is 59.0 Å². The van der Waals surface area contributed by atoms with Gasteiger partial charge in [0.1, 0.15) is 0 Å². The molecule has 3 nitrogen and oxygen atoms in total. The molecule has 1 rings (SSSR count). The van der Waals surface area contributed by atoms with Crippen LogP contribution in [0, 0.1) is 0 Å². The van der Waals surface area contributed by atoms with Gasteiger partial charge >= 0.3 is 0 Å². The Morgan fingerprint density at radius 1 is 1.40 bits per heavy atom. The summed E-state index contributed by atoms with van der Waals surface area (Å²) in [6, 6.07) is 4.70. The average molecular weight is 276 g/mol. The smallest absolute Gasteiger partial charge is 0.213 e. The van der Waals surface area contributed by atoms with Crippen LogP contribution in [0.3, 0.4) is 0 Å². The van der Waals surface area contributed by atoms with Crippen LogP contribution in [0.25, 0.3) is 0 Å². The quantitative estimate of drug-likeness (QED) is 0.520. The molecule has 0 saturated carbocycles. The molecule has 1 aromatic heterocycles. The molecule has 0 saturated heterocycles. The summed E-state index contributed by atoms with van der Waals surface area (Å²) in [4.78, 5) is 4.57.